The summed E-state index contributed by atoms with van der Waals surface area (Å²) in [5.41, 5.74) is 0. The van der Waals surface area contributed by atoms with E-state index in [0.717, 1.165) is 12.1 Å². The molecule has 0 aromatic heterocycles. The summed E-state index contributed by atoms with van der Waals surface area (Å²) in [4.78, 5) is 0. The predicted molar refractivity (Wildman–Crippen MR) is 88.6 cm³/mol. The summed E-state index contributed by atoms with van der Waals surface area (Å²) in [7, 11) is 0. The molecule has 1 N–H and O–H groups in total. The second kappa shape index (κ2) is 8.53. The van der Waals surface area contributed by atoms with Crippen LogP contribution in [-0.2, 0) is 4.74 Å². The highest BCUT2D eigenvalue weighted by Gasteiger charge is 2.29. The van der Waals surface area contributed by atoms with Gasteiger partial charge >= 0.3 is 0 Å². The van der Waals surface area contributed by atoms with Crippen molar-refractivity contribution in [2.75, 3.05) is 0 Å². The van der Waals surface area contributed by atoms with Crippen LogP contribution in [0.3, 0.4) is 0 Å². The monoisotopic (exact) mass is 293 g/mol. The van der Waals surface area contributed by atoms with Gasteiger partial charge in [-0.25, -0.2) is 0 Å². The Hall–Kier alpha value is -0.0800. The Morgan fingerprint density at radius 1 is 0.524 bits per heavy atom. The van der Waals surface area contributed by atoms with Crippen LogP contribution in [0.15, 0.2) is 0 Å². The summed E-state index contributed by atoms with van der Waals surface area (Å²) in [6, 6.07) is 1.45. The molecule has 122 valence electrons. The van der Waals surface area contributed by atoms with Gasteiger partial charge in [-0.3, -0.25) is 0 Å². The second-order valence-corrected chi connectivity index (χ2v) is 7.75. The number of rotatable bonds is 0. The van der Waals surface area contributed by atoms with E-state index >= 15 is 0 Å². The summed E-state index contributed by atoms with van der Waals surface area (Å²) in [5, 5.41) is 4.05. The van der Waals surface area contributed by atoms with Crippen LogP contribution >= 0.6 is 0 Å². The largest absolute Gasteiger partial charge is 0.375 e. The molecule has 0 amide bonds. The van der Waals surface area contributed by atoms with E-state index in [-0.39, 0.29) is 0 Å². The van der Waals surface area contributed by atoms with Gasteiger partial charge in [-0.1, -0.05) is 57.8 Å². The minimum atomic E-state index is 0.535. The van der Waals surface area contributed by atoms with E-state index in [1.165, 1.54) is 96.3 Å². The van der Waals surface area contributed by atoms with Gasteiger partial charge in [0.05, 0.1) is 12.2 Å². The zero-order chi connectivity index (χ0) is 14.3. The molecule has 0 radical (unpaired) electrons. The van der Waals surface area contributed by atoms with Gasteiger partial charge in [0.15, 0.2) is 0 Å². The SMILES string of the molecule is C1CCCC2CC(CCC1)OC1CCCCCCC(C1)N2. The first-order chi connectivity index (χ1) is 10.4. The fourth-order valence-electron chi connectivity index (χ4n) is 4.67. The lowest BCUT2D eigenvalue weighted by atomic mass is 9.92. The van der Waals surface area contributed by atoms with Crippen LogP contribution in [0.4, 0.5) is 0 Å². The minimum Gasteiger partial charge on any atom is -0.375 e. The lowest BCUT2D eigenvalue weighted by Gasteiger charge is -2.37. The first kappa shape index (κ1) is 15.8. The molecule has 0 aromatic carbocycles. The summed E-state index contributed by atoms with van der Waals surface area (Å²) in [6.07, 6.45) is 21.7. The van der Waals surface area contributed by atoms with Gasteiger partial charge in [0, 0.05) is 12.1 Å². The van der Waals surface area contributed by atoms with Crippen molar-refractivity contribution in [1.29, 1.82) is 0 Å². The Bertz CT molecular complexity index is 267. The molecule has 2 aliphatic carbocycles. The van der Waals surface area contributed by atoms with E-state index in [1.807, 2.05) is 0 Å². The van der Waals surface area contributed by atoms with Crippen molar-refractivity contribution >= 4 is 0 Å². The molecule has 3 fully saturated rings. The van der Waals surface area contributed by atoms with Crippen LogP contribution in [0.25, 0.3) is 0 Å². The number of ether oxygens (including phenoxy) is 1. The molecule has 2 saturated carbocycles. The molecule has 3 rings (SSSR count). The Morgan fingerprint density at radius 2 is 0.952 bits per heavy atom. The molecule has 1 aliphatic heterocycles. The normalized spacial score (nSPS) is 40.0. The third-order valence-electron chi connectivity index (χ3n) is 5.86. The molecule has 0 spiro atoms. The van der Waals surface area contributed by atoms with Crippen LogP contribution in [0.2, 0.25) is 0 Å². The fraction of sp³-hybridized carbons (Fsp3) is 1.00. The maximum Gasteiger partial charge on any atom is 0.0593 e. The van der Waals surface area contributed by atoms with Gasteiger partial charge < -0.3 is 10.1 Å². The molecule has 3 aliphatic rings. The topological polar surface area (TPSA) is 21.3 Å². The highest BCUT2D eigenvalue weighted by atomic mass is 16.5. The van der Waals surface area contributed by atoms with E-state index in [4.69, 9.17) is 4.74 Å². The fourth-order valence-corrected chi connectivity index (χ4v) is 4.67. The van der Waals surface area contributed by atoms with E-state index in [0.29, 0.717) is 12.2 Å². The van der Waals surface area contributed by atoms with Crippen LogP contribution in [0.5, 0.6) is 0 Å². The first-order valence-electron chi connectivity index (χ1n) is 9.81. The van der Waals surface area contributed by atoms with Crippen molar-refractivity contribution in [3.8, 4) is 0 Å². The van der Waals surface area contributed by atoms with Gasteiger partial charge in [0.25, 0.3) is 0 Å². The molecule has 2 nitrogen and oxygen atoms in total. The van der Waals surface area contributed by atoms with Crippen LogP contribution in [0.1, 0.15) is 96.3 Å². The summed E-state index contributed by atoms with van der Waals surface area (Å²) in [5.74, 6) is 0. The molecule has 0 aromatic rings. The lowest BCUT2D eigenvalue weighted by molar-refractivity contribution is -0.0507. The van der Waals surface area contributed by atoms with Crippen molar-refractivity contribution in [2.45, 2.75) is 121 Å². The predicted octanol–water partition coefficient (Wildman–Crippen LogP) is 4.96. The third kappa shape index (κ3) is 5.25. The van der Waals surface area contributed by atoms with Crippen LogP contribution in [0, 0.1) is 0 Å². The van der Waals surface area contributed by atoms with Crippen molar-refractivity contribution < 1.29 is 4.74 Å². The minimum absolute atomic E-state index is 0.535. The molecular formula is C19H35NO. The van der Waals surface area contributed by atoms with Gasteiger partial charge in [-0.05, 0) is 38.5 Å². The van der Waals surface area contributed by atoms with E-state index in [1.54, 1.807) is 0 Å². The van der Waals surface area contributed by atoms with Gasteiger partial charge in [-0.15, -0.1) is 0 Å². The number of nitrogens with one attached hydrogen (secondary N) is 1. The smallest absolute Gasteiger partial charge is 0.0593 e. The Labute approximate surface area is 131 Å². The van der Waals surface area contributed by atoms with Gasteiger partial charge in [-0.2, -0.15) is 0 Å². The van der Waals surface area contributed by atoms with Crippen molar-refractivity contribution in [2.24, 2.45) is 0 Å². The quantitative estimate of drug-likeness (QED) is 0.681. The Morgan fingerprint density at radius 3 is 1.48 bits per heavy atom. The van der Waals surface area contributed by atoms with E-state index in [9.17, 15) is 0 Å². The molecule has 4 bridgehead atoms. The highest BCUT2D eigenvalue weighted by molar-refractivity contribution is 4.85. The summed E-state index contributed by atoms with van der Waals surface area (Å²) in [6.45, 7) is 0. The molecule has 4 unspecified atom stereocenters. The third-order valence-corrected chi connectivity index (χ3v) is 5.86. The molecule has 21 heavy (non-hydrogen) atoms. The van der Waals surface area contributed by atoms with Gasteiger partial charge in [0.1, 0.15) is 0 Å². The van der Waals surface area contributed by atoms with Crippen LogP contribution in [-0.4, -0.2) is 24.3 Å². The van der Waals surface area contributed by atoms with Crippen molar-refractivity contribution in [1.82, 2.24) is 5.32 Å². The molecule has 1 saturated heterocycles. The lowest BCUT2D eigenvalue weighted by Crippen LogP contribution is -2.46. The maximum atomic E-state index is 6.62. The summed E-state index contributed by atoms with van der Waals surface area (Å²) >= 11 is 0. The number of fused-ring (bicyclic) bond motifs is 4. The van der Waals surface area contributed by atoms with Crippen molar-refractivity contribution in [3.05, 3.63) is 0 Å². The molecule has 1 heterocycles. The van der Waals surface area contributed by atoms with Crippen LogP contribution < -0.4 is 5.32 Å². The average Bonchev–Trinajstić information content (AvgIpc) is 2.57. The van der Waals surface area contributed by atoms with Crippen molar-refractivity contribution in [3.63, 3.8) is 0 Å². The van der Waals surface area contributed by atoms with Gasteiger partial charge in [0.2, 0.25) is 0 Å². The molecule has 2 heteroatoms. The Kier molecular flexibility index (Phi) is 6.42. The molecular weight excluding hydrogens is 258 g/mol. The average molecular weight is 293 g/mol. The Balaban J connectivity index is 1.67. The standard InChI is InChI=1S/C19H35NO/c1-2-6-10-16-14-18(12-8-3-1)21-19-13-9-5-4-7-11-17(15-19)20-16/h16-20H,1-15H2. The second-order valence-electron chi connectivity index (χ2n) is 7.75. The number of hydrogen-bond donors (Lipinski definition) is 1. The highest BCUT2D eigenvalue weighted by Crippen LogP contribution is 2.28. The summed E-state index contributed by atoms with van der Waals surface area (Å²) < 4.78 is 6.62. The first-order valence-corrected chi connectivity index (χ1v) is 9.81. The maximum absolute atomic E-state index is 6.62. The molecule has 4 atom stereocenters. The zero-order valence-electron chi connectivity index (χ0n) is 13.8. The number of hydrogen-bond acceptors (Lipinski definition) is 2. The zero-order valence-corrected chi connectivity index (χ0v) is 13.8. The van der Waals surface area contributed by atoms with E-state index < -0.39 is 0 Å². The van der Waals surface area contributed by atoms with E-state index in [2.05, 4.69) is 5.32 Å².